The fraction of sp³-hybridized carbons (Fsp3) is 0.583. The van der Waals surface area contributed by atoms with E-state index in [0.29, 0.717) is 19.5 Å². The lowest BCUT2D eigenvalue weighted by Gasteiger charge is -2.20. The van der Waals surface area contributed by atoms with Crippen molar-refractivity contribution >= 4 is 33.2 Å². The van der Waals surface area contributed by atoms with Crippen LogP contribution in [0.1, 0.15) is 32.1 Å². The molecular formula is C12H19BrN2OS. The molecule has 2 N–H and O–H groups in total. The van der Waals surface area contributed by atoms with Gasteiger partial charge in [0.25, 0.3) is 0 Å². The zero-order valence-electron chi connectivity index (χ0n) is 10.5. The third-order valence-electron chi connectivity index (χ3n) is 2.09. The second-order valence-electron chi connectivity index (χ2n) is 4.93. The smallest absolute Gasteiger partial charge is 0.221 e. The minimum absolute atomic E-state index is 0.0683. The molecule has 5 heteroatoms. The van der Waals surface area contributed by atoms with E-state index >= 15 is 0 Å². The molecule has 96 valence electrons. The fourth-order valence-corrected chi connectivity index (χ4v) is 2.66. The van der Waals surface area contributed by atoms with Crippen LogP contribution in [-0.2, 0) is 11.3 Å². The maximum atomic E-state index is 11.6. The Labute approximate surface area is 115 Å². The first kappa shape index (κ1) is 14.7. The van der Waals surface area contributed by atoms with E-state index in [0.717, 1.165) is 9.35 Å². The lowest BCUT2D eigenvalue weighted by atomic mass is 10.1. The Bertz CT molecular complexity index is 371. The summed E-state index contributed by atoms with van der Waals surface area (Å²) in [5.41, 5.74) is 0.0683. The first-order valence-corrected chi connectivity index (χ1v) is 7.29. The van der Waals surface area contributed by atoms with Crippen molar-refractivity contribution < 1.29 is 4.79 Å². The molecule has 0 bridgehead atoms. The Morgan fingerprint density at radius 1 is 1.47 bits per heavy atom. The molecule has 0 aromatic carbocycles. The van der Waals surface area contributed by atoms with Crippen molar-refractivity contribution in [1.82, 2.24) is 10.6 Å². The van der Waals surface area contributed by atoms with Crippen molar-refractivity contribution in [2.24, 2.45) is 0 Å². The zero-order valence-corrected chi connectivity index (χ0v) is 12.9. The van der Waals surface area contributed by atoms with Crippen LogP contribution in [0.3, 0.4) is 0 Å². The Balaban J connectivity index is 2.18. The fourth-order valence-electron chi connectivity index (χ4n) is 1.27. The van der Waals surface area contributed by atoms with Gasteiger partial charge in [0.2, 0.25) is 5.91 Å². The molecule has 0 unspecified atom stereocenters. The molecule has 1 rings (SSSR count). The van der Waals surface area contributed by atoms with Gasteiger partial charge in [-0.2, -0.15) is 0 Å². The molecule has 1 amide bonds. The number of halogens is 1. The summed E-state index contributed by atoms with van der Waals surface area (Å²) in [6, 6.07) is 2.03. The van der Waals surface area contributed by atoms with Crippen LogP contribution in [0.2, 0.25) is 0 Å². The van der Waals surface area contributed by atoms with E-state index in [1.165, 1.54) is 0 Å². The van der Waals surface area contributed by atoms with Crippen LogP contribution in [0, 0.1) is 0 Å². The molecule has 1 heterocycles. The van der Waals surface area contributed by atoms with Gasteiger partial charge in [0.05, 0.1) is 6.54 Å². The summed E-state index contributed by atoms with van der Waals surface area (Å²) in [6.45, 7) is 7.60. The highest BCUT2D eigenvalue weighted by molar-refractivity contribution is 9.10. The Kier molecular flexibility index (Phi) is 5.62. The SMILES string of the molecule is CC(C)(C)NCCC(=O)NCc1cc(Br)cs1. The van der Waals surface area contributed by atoms with E-state index in [4.69, 9.17) is 0 Å². The van der Waals surface area contributed by atoms with Gasteiger partial charge in [-0.1, -0.05) is 0 Å². The Morgan fingerprint density at radius 2 is 2.18 bits per heavy atom. The normalized spacial score (nSPS) is 11.5. The quantitative estimate of drug-likeness (QED) is 0.876. The first-order chi connectivity index (χ1) is 7.87. The number of hydrogen-bond acceptors (Lipinski definition) is 3. The van der Waals surface area contributed by atoms with E-state index in [1.807, 2.05) is 11.4 Å². The van der Waals surface area contributed by atoms with Crippen LogP contribution < -0.4 is 10.6 Å². The number of hydrogen-bond donors (Lipinski definition) is 2. The summed E-state index contributed by atoms with van der Waals surface area (Å²) in [4.78, 5) is 12.7. The maximum absolute atomic E-state index is 11.6. The highest BCUT2D eigenvalue weighted by Gasteiger charge is 2.09. The third kappa shape index (κ3) is 6.81. The van der Waals surface area contributed by atoms with Crippen LogP contribution in [0.15, 0.2) is 15.9 Å². The van der Waals surface area contributed by atoms with E-state index in [-0.39, 0.29) is 11.4 Å². The Hall–Kier alpha value is -0.390. The largest absolute Gasteiger partial charge is 0.351 e. The summed E-state index contributed by atoms with van der Waals surface area (Å²) >= 11 is 5.03. The molecule has 0 aliphatic carbocycles. The number of carbonyl (C=O) groups excluding carboxylic acids is 1. The van der Waals surface area contributed by atoms with Gasteiger partial charge >= 0.3 is 0 Å². The second-order valence-corrected chi connectivity index (χ2v) is 6.85. The van der Waals surface area contributed by atoms with Crippen molar-refractivity contribution in [3.05, 3.63) is 20.8 Å². The van der Waals surface area contributed by atoms with Crippen molar-refractivity contribution in [1.29, 1.82) is 0 Å². The van der Waals surface area contributed by atoms with Gasteiger partial charge in [-0.05, 0) is 42.8 Å². The predicted molar refractivity (Wildman–Crippen MR) is 76.2 cm³/mol. The van der Waals surface area contributed by atoms with Crippen LogP contribution >= 0.6 is 27.3 Å². The van der Waals surface area contributed by atoms with E-state index in [1.54, 1.807) is 11.3 Å². The predicted octanol–water partition coefficient (Wildman–Crippen LogP) is 2.91. The molecule has 1 aromatic rings. The topological polar surface area (TPSA) is 41.1 Å². The highest BCUT2D eigenvalue weighted by Crippen LogP contribution is 2.19. The van der Waals surface area contributed by atoms with E-state index in [2.05, 4.69) is 47.3 Å². The lowest BCUT2D eigenvalue weighted by Crippen LogP contribution is -2.38. The van der Waals surface area contributed by atoms with Gasteiger partial charge in [-0.3, -0.25) is 4.79 Å². The van der Waals surface area contributed by atoms with Crippen molar-refractivity contribution in [2.75, 3.05) is 6.54 Å². The standard InChI is InChI=1S/C12H19BrN2OS/c1-12(2,3)15-5-4-11(16)14-7-10-6-9(13)8-17-10/h6,8,15H,4-5,7H2,1-3H3,(H,14,16). The number of amides is 1. The van der Waals surface area contributed by atoms with Gasteiger partial charge in [-0.15, -0.1) is 11.3 Å². The highest BCUT2D eigenvalue weighted by atomic mass is 79.9. The molecule has 0 spiro atoms. The Morgan fingerprint density at radius 3 is 2.71 bits per heavy atom. The first-order valence-electron chi connectivity index (χ1n) is 5.61. The summed E-state index contributed by atoms with van der Waals surface area (Å²) in [5, 5.41) is 8.22. The zero-order chi connectivity index (χ0) is 12.9. The van der Waals surface area contributed by atoms with Crippen molar-refractivity contribution in [3.63, 3.8) is 0 Å². The summed E-state index contributed by atoms with van der Waals surface area (Å²) < 4.78 is 1.07. The van der Waals surface area contributed by atoms with Gasteiger partial charge in [-0.25, -0.2) is 0 Å². The second kappa shape index (κ2) is 6.52. The average Bonchev–Trinajstić information content (AvgIpc) is 2.59. The molecular weight excluding hydrogens is 300 g/mol. The van der Waals surface area contributed by atoms with Crippen LogP contribution in [0.25, 0.3) is 0 Å². The minimum Gasteiger partial charge on any atom is -0.351 e. The lowest BCUT2D eigenvalue weighted by molar-refractivity contribution is -0.121. The molecule has 0 saturated heterocycles. The number of carbonyl (C=O) groups is 1. The van der Waals surface area contributed by atoms with E-state index in [9.17, 15) is 4.79 Å². The summed E-state index contributed by atoms with van der Waals surface area (Å²) in [5.74, 6) is 0.0891. The molecule has 1 aromatic heterocycles. The minimum atomic E-state index is 0.0683. The van der Waals surface area contributed by atoms with E-state index < -0.39 is 0 Å². The van der Waals surface area contributed by atoms with Gasteiger partial charge < -0.3 is 10.6 Å². The molecule has 0 radical (unpaired) electrons. The third-order valence-corrected chi connectivity index (χ3v) is 3.79. The number of nitrogens with one attached hydrogen (secondary N) is 2. The van der Waals surface area contributed by atoms with Gasteiger partial charge in [0.1, 0.15) is 0 Å². The summed E-state index contributed by atoms with van der Waals surface area (Å²) in [6.07, 6.45) is 0.518. The van der Waals surface area contributed by atoms with Crippen molar-refractivity contribution in [2.45, 2.75) is 39.3 Å². The summed E-state index contributed by atoms with van der Waals surface area (Å²) in [7, 11) is 0. The molecule has 0 aliphatic heterocycles. The van der Waals surface area contributed by atoms with Crippen molar-refractivity contribution in [3.8, 4) is 0 Å². The number of thiophene rings is 1. The maximum Gasteiger partial charge on any atom is 0.221 e. The van der Waals surface area contributed by atoms with Gasteiger partial charge in [0, 0.05) is 33.2 Å². The van der Waals surface area contributed by atoms with Crippen LogP contribution in [0.5, 0.6) is 0 Å². The monoisotopic (exact) mass is 318 g/mol. The molecule has 0 atom stereocenters. The molecule has 0 aliphatic rings. The molecule has 17 heavy (non-hydrogen) atoms. The average molecular weight is 319 g/mol. The van der Waals surface area contributed by atoms with Gasteiger partial charge in [0.15, 0.2) is 0 Å². The molecule has 0 fully saturated rings. The number of rotatable bonds is 5. The van der Waals surface area contributed by atoms with Crippen LogP contribution in [0.4, 0.5) is 0 Å². The molecule has 0 saturated carbocycles. The molecule has 3 nitrogen and oxygen atoms in total. The van der Waals surface area contributed by atoms with Crippen LogP contribution in [-0.4, -0.2) is 18.0 Å².